The Kier molecular flexibility index (Phi) is 3.66. The van der Waals surface area contributed by atoms with Gasteiger partial charge in [-0.15, -0.1) is 0 Å². The highest BCUT2D eigenvalue weighted by Gasteiger charge is 2.07. The summed E-state index contributed by atoms with van der Waals surface area (Å²) in [7, 11) is 1.87. The van der Waals surface area contributed by atoms with Gasteiger partial charge in [0.15, 0.2) is 0 Å². The summed E-state index contributed by atoms with van der Waals surface area (Å²) in [5.74, 6) is 0.695. The van der Waals surface area contributed by atoms with E-state index in [0.29, 0.717) is 11.7 Å². The third-order valence-corrected chi connectivity index (χ3v) is 1.99. The predicted octanol–water partition coefficient (Wildman–Crippen LogP) is 1.73. The molecule has 5 heteroatoms. The molecule has 0 amide bonds. The van der Waals surface area contributed by atoms with Crippen molar-refractivity contribution in [2.45, 2.75) is 6.92 Å². The number of nitrogens with zero attached hydrogens (tertiary/aromatic N) is 4. The summed E-state index contributed by atoms with van der Waals surface area (Å²) in [5, 5.41) is 9.06. The van der Waals surface area contributed by atoms with Gasteiger partial charge >= 0.3 is 0 Å². The fourth-order valence-electron chi connectivity index (χ4n) is 1.08. The van der Waals surface area contributed by atoms with Gasteiger partial charge in [0.25, 0.3) is 0 Å². The minimum Gasteiger partial charge on any atom is -0.358 e. The Labute approximate surface area is 88.2 Å². The van der Waals surface area contributed by atoms with Crippen molar-refractivity contribution < 1.29 is 0 Å². The van der Waals surface area contributed by atoms with Gasteiger partial charge in [0.05, 0.1) is 12.0 Å². The second-order valence-corrected chi connectivity index (χ2v) is 3.50. The maximum absolute atomic E-state index is 8.65. The number of hydrogen-bond acceptors (Lipinski definition) is 4. The molecule has 0 saturated heterocycles. The third kappa shape index (κ3) is 2.86. The molecule has 0 spiro atoms. The number of anilines is 1. The molecule has 0 aliphatic heterocycles. The van der Waals surface area contributed by atoms with Crippen LogP contribution in [0.2, 0.25) is 5.15 Å². The molecule has 0 saturated carbocycles. The van der Waals surface area contributed by atoms with Crippen molar-refractivity contribution in [2.24, 2.45) is 5.92 Å². The molecule has 0 radical (unpaired) electrons. The van der Waals surface area contributed by atoms with Crippen LogP contribution in [-0.2, 0) is 0 Å². The normalized spacial score (nSPS) is 11.9. The average molecular weight is 211 g/mol. The van der Waals surface area contributed by atoms with Gasteiger partial charge in [-0.1, -0.05) is 11.6 Å². The molecule has 74 valence electrons. The van der Waals surface area contributed by atoms with Crippen molar-refractivity contribution in [3.8, 4) is 6.07 Å². The lowest BCUT2D eigenvalue weighted by atomic mass is 10.2. The molecule has 1 aromatic heterocycles. The lowest BCUT2D eigenvalue weighted by molar-refractivity contribution is 0.709. The van der Waals surface area contributed by atoms with Crippen LogP contribution in [0.3, 0.4) is 0 Å². The van der Waals surface area contributed by atoms with Crippen LogP contribution < -0.4 is 4.90 Å². The molecule has 0 fully saturated rings. The molecule has 0 N–H and O–H groups in total. The summed E-state index contributed by atoms with van der Waals surface area (Å²) in [6.07, 6.45) is 1.41. The Balaban J connectivity index is 2.70. The average Bonchev–Trinajstić information content (AvgIpc) is 2.17. The minimum absolute atomic E-state index is 0.0336. The van der Waals surface area contributed by atoms with Crippen molar-refractivity contribution in [1.82, 2.24) is 9.97 Å². The lowest BCUT2D eigenvalue weighted by Crippen LogP contribution is -2.24. The van der Waals surface area contributed by atoms with Crippen molar-refractivity contribution >= 4 is 17.4 Å². The van der Waals surface area contributed by atoms with E-state index in [2.05, 4.69) is 16.0 Å². The van der Waals surface area contributed by atoms with Crippen LogP contribution in [0.4, 0.5) is 5.82 Å². The molecule has 0 aromatic carbocycles. The zero-order valence-electron chi connectivity index (χ0n) is 8.11. The maximum Gasteiger partial charge on any atom is 0.134 e. The first kappa shape index (κ1) is 10.7. The van der Waals surface area contributed by atoms with E-state index < -0.39 is 0 Å². The Morgan fingerprint density at radius 3 is 2.93 bits per heavy atom. The zero-order chi connectivity index (χ0) is 10.6. The quantitative estimate of drug-likeness (QED) is 0.713. The first-order chi connectivity index (χ1) is 6.63. The molecule has 1 heterocycles. The molecular weight excluding hydrogens is 200 g/mol. The van der Waals surface area contributed by atoms with Gasteiger partial charge in [0.1, 0.15) is 17.3 Å². The van der Waals surface area contributed by atoms with Gasteiger partial charge in [0, 0.05) is 19.7 Å². The van der Waals surface area contributed by atoms with E-state index in [1.165, 1.54) is 6.33 Å². The largest absolute Gasteiger partial charge is 0.358 e. The van der Waals surface area contributed by atoms with Crippen LogP contribution in [0.1, 0.15) is 6.92 Å². The van der Waals surface area contributed by atoms with Gasteiger partial charge in [0.2, 0.25) is 0 Å². The maximum atomic E-state index is 8.65. The summed E-state index contributed by atoms with van der Waals surface area (Å²) in [6.45, 7) is 2.49. The van der Waals surface area contributed by atoms with Crippen LogP contribution in [0.5, 0.6) is 0 Å². The molecule has 1 rings (SSSR count). The smallest absolute Gasteiger partial charge is 0.134 e. The van der Waals surface area contributed by atoms with Crippen LogP contribution in [0.25, 0.3) is 0 Å². The first-order valence-electron chi connectivity index (χ1n) is 4.21. The molecule has 1 unspecified atom stereocenters. The van der Waals surface area contributed by atoms with E-state index in [9.17, 15) is 0 Å². The molecule has 14 heavy (non-hydrogen) atoms. The monoisotopic (exact) mass is 210 g/mol. The molecule has 0 aliphatic carbocycles. The zero-order valence-corrected chi connectivity index (χ0v) is 8.86. The van der Waals surface area contributed by atoms with Gasteiger partial charge in [-0.25, -0.2) is 9.97 Å². The van der Waals surface area contributed by atoms with E-state index in [4.69, 9.17) is 16.9 Å². The minimum atomic E-state index is -0.0336. The van der Waals surface area contributed by atoms with Crippen LogP contribution in [0.15, 0.2) is 12.4 Å². The van der Waals surface area contributed by atoms with Crippen LogP contribution in [-0.4, -0.2) is 23.6 Å². The van der Waals surface area contributed by atoms with Crippen molar-refractivity contribution in [3.05, 3.63) is 17.5 Å². The number of rotatable bonds is 3. The molecule has 1 atom stereocenters. The van der Waals surface area contributed by atoms with Gasteiger partial charge < -0.3 is 4.90 Å². The molecular formula is C9H11ClN4. The predicted molar refractivity (Wildman–Crippen MR) is 55.1 cm³/mol. The second kappa shape index (κ2) is 4.77. The molecule has 0 bridgehead atoms. The second-order valence-electron chi connectivity index (χ2n) is 3.11. The van der Waals surface area contributed by atoms with E-state index in [1.807, 2.05) is 18.9 Å². The Morgan fingerprint density at radius 2 is 2.36 bits per heavy atom. The summed E-state index contributed by atoms with van der Waals surface area (Å²) >= 11 is 5.72. The van der Waals surface area contributed by atoms with Crippen molar-refractivity contribution in [2.75, 3.05) is 18.5 Å². The number of hydrogen-bond donors (Lipinski definition) is 0. The van der Waals surface area contributed by atoms with Crippen LogP contribution in [0, 0.1) is 17.2 Å². The summed E-state index contributed by atoms with van der Waals surface area (Å²) in [4.78, 5) is 9.71. The van der Waals surface area contributed by atoms with Crippen molar-refractivity contribution in [3.63, 3.8) is 0 Å². The highest BCUT2D eigenvalue weighted by molar-refractivity contribution is 6.29. The number of nitriles is 1. The summed E-state index contributed by atoms with van der Waals surface area (Å²) in [5.41, 5.74) is 0. The SMILES string of the molecule is CC(C#N)CN(C)c1cc(Cl)ncn1. The van der Waals surface area contributed by atoms with E-state index in [0.717, 1.165) is 5.82 Å². The van der Waals surface area contributed by atoms with E-state index >= 15 is 0 Å². The topological polar surface area (TPSA) is 52.8 Å². The number of halogens is 1. The Hall–Kier alpha value is -1.34. The lowest BCUT2D eigenvalue weighted by Gasteiger charge is -2.18. The summed E-state index contributed by atoms with van der Waals surface area (Å²) < 4.78 is 0. The third-order valence-electron chi connectivity index (χ3n) is 1.78. The van der Waals surface area contributed by atoms with Gasteiger partial charge in [-0.2, -0.15) is 5.26 Å². The highest BCUT2D eigenvalue weighted by atomic mass is 35.5. The van der Waals surface area contributed by atoms with Crippen molar-refractivity contribution in [1.29, 1.82) is 5.26 Å². The fourth-order valence-corrected chi connectivity index (χ4v) is 1.22. The highest BCUT2D eigenvalue weighted by Crippen LogP contribution is 2.13. The Bertz CT molecular complexity index is 347. The van der Waals surface area contributed by atoms with Gasteiger partial charge in [-0.3, -0.25) is 0 Å². The molecule has 4 nitrogen and oxygen atoms in total. The molecule has 1 aromatic rings. The van der Waals surface area contributed by atoms with E-state index in [1.54, 1.807) is 6.07 Å². The first-order valence-corrected chi connectivity index (χ1v) is 4.59. The fraction of sp³-hybridized carbons (Fsp3) is 0.444. The van der Waals surface area contributed by atoms with Crippen LogP contribution >= 0.6 is 11.6 Å². The van der Waals surface area contributed by atoms with E-state index in [-0.39, 0.29) is 5.92 Å². The van der Waals surface area contributed by atoms with Gasteiger partial charge in [-0.05, 0) is 6.92 Å². The molecule has 0 aliphatic rings. The Morgan fingerprint density at radius 1 is 1.64 bits per heavy atom. The number of aromatic nitrogens is 2. The standard InChI is InChI=1S/C9H11ClN4/c1-7(4-11)5-14(2)9-3-8(10)12-6-13-9/h3,6-7H,5H2,1-2H3. The summed E-state index contributed by atoms with van der Waals surface area (Å²) in [6, 6.07) is 3.83.